The van der Waals surface area contributed by atoms with Crippen molar-refractivity contribution in [1.82, 2.24) is 20.2 Å². The summed E-state index contributed by atoms with van der Waals surface area (Å²) in [7, 11) is 0. The summed E-state index contributed by atoms with van der Waals surface area (Å²) in [5.74, 6) is 0.0885. The molecule has 0 saturated heterocycles. The third-order valence-corrected chi connectivity index (χ3v) is 2.31. The van der Waals surface area contributed by atoms with E-state index in [2.05, 4.69) is 22.5 Å². The summed E-state index contributed by atoms with van der Waals surface area (Å²) in [5, 5.41) is 6.02. The van der Waals surface area contributed by atoms with Crippen LogP contribution >= 0.6 is 0 Å². The van der Waals surface area contributed by atoms with E-state index in [9.17, 15) is 4.79 Å². The van der Waals surface area contributed by atoms with Gasteiger partial charge in [-0.1, -0.05) is 6.92 Å². The molecular formula is C11H20N4O. The lowest BCUT2D eigenvalue weighted by atomic mass is 10.3. The van der Waals surface area contributed by atoms with E-state index in [0.717, 1.165) is 18.8 Å². The van der Waals surface area contributed by atoms with Gasteiger partial charge >= 0.3 is 0 Å². The van der Waals surface area contributed by atoms with Crippen molar-refractivity contribution in [3.05, 3.63) is 18.2 Å². The van der Waals surface area contributed by atoms with E-state index in [-0.39, 0.29) is 5.91 Å². The van der Waals surface area contributed by atoms with Crippen molar-refractivity contribution in [2.45, 2.75) is 33.4 Å². The molecule has 5 nitrogen and oxygen atoms in total. The van der Waals surface area contributed by atoms with Crippen molar-refractivity contribution < 1.29 is 4.79 Å². The summed E-state index contributed by atoms with van der Waals surface area (Å²) in [4.78, 5) is 15.4. The average Bonchev–Trinajstić information content (AvgIpc) is 2.71. The van der Waals surface area contributed by atoms with Crippen LogP contribution in [-0.2, 0) is 17.9 Å². The van der Waals surface area contributed by atoms with Gasteiger partial charge in [0.05, 0.1) is 12.0 Å². The fourth-order valence-electron chi connectivity index (χ4n) is 1.46. The maximum atomic E-state index is 11.3. The number of hydrogen-bond acceptors (Lipinski definition) is 3. The van der Waals surface area contributed by atoms with Crippen molar-refractivity contribution >= 4 is 5.91 Å². The molecule has 0 atom stereocenters. The molecule has 90 valence electrons. The first-order valence-corrected chi connectivity index (χ1v) is 5.74. The number of imidazole rings is 1. The quantitative estimate of drug-likeness (QED) is 0.710. The molecule has 0 unspecified atom stereocenters. The molecule has 16 heavy (non-hydrogen) atoms. The number of carbonyl (C=O) groups excluding carboxylic acids is 1. The van der Waals surface area contributed by atoms with Gasteiger partial charge in [0, 0.05) is 32.3 Å². The van der Waals surface area contributed by atoms with Gasteiger partial charge in [0.25, 0.3) is 0 Å². The maximum absolute atomic E-state index is 11.3. The molecule has 0 bridgehead atoms. The van der Waals surface area contributed by atoms with Gasteiger partial charge < -0.3 is 15.2 Å². The summed E-state index contributed by atoms with van der Waals surface area (Å²) < 4.78 is 2.01. The zero-order valence-electron chi connectivity index (χ0n) is 9.99. The second-order valence-electron chi connectivity index (χ2n) is 3.56. The highest BCUT2D eigenvalue weighted by Gasteiger charge is 2.04. The number of carbonyl (C=O) groups is 1. The molecule has 1 heterocycles. The molecule has 0 saturated carbocycles. The summed E-state index contributed by atoms with van der Waals surface area (Å²) in [6.07, 6.45) is 4.11. The van der Waals surface area contributed by atoms with Gasteiger partial charge in [-0.15, -0.1) is 0 Å². The number of amides is 1. The highest BCUT2D eigenvalue weighted by atomic mass is 16.1. The van der Waals surface area contributed by atoms with Crippen LogP contribution in [0.1, 0.15) is 26.0 Å². The van der Waals surface area contributed by atoms with E-state index < -0.39 is 0 Å². The van der Waals surface area contributed by atoms with Crippen molar-refractivity contribution in [3.63, 3.8) is 0 Å². The fraction of sp³-hybridized carbons (Fsp3) is 0.636. The standard InChI is InChI=1S/C11H20N4O/c1-3-12-7-10-8-13-9-15(10)6-5-11(16)14-4-2/h8-9,12H,3-7H2,1-2H3,(H,14,16). The molecule has 0 fully saturated rings. The predicted octanol–water partition coefficient (Wildman–Crippen LogP) is 0.519. The number of hydrogen-bond donors (Lipinski definition) is 2. The molecule has 1 aromatic heterocycles. The molecular weight excluding hydrogens is 204 g/mol. The minimum atomic E-state index is 0.0885. The summed E-state index contributed by atoms with van der Waals surface area (Å²) >= 11 is 0. The topological polar surface area (TPSA) is 59.0 Å². The third kappa shape index (κ3) is 4.02. The molecule has 1 rings (SSSR count). The van der Waals surface area contributed by atoms with Crippen molar-refractivity contribution in [2.75, 3.05) is 13.1 Å². The lowest BCUT2D eigenvalue weighted by Gasteiger charge is -2.08. The van der Waals surface area contributed by atoms with Crippen LogP contribution in [0.4, 0.5) is 0 Å². The smallest absolute Gasteiger partial charge is 0.221 e. The lowest BCUT2D eigenvalue weighted by Crippen LogP contribution is -2.24. The van der Waals surface area contributed by atoms with Crippen molar-refractivity contribution in [2.24, 2.45) is 0 Å². The molecule has 5 heteroatoms. The molecule has 1 aromatic rings. The second kappa shape index (κ2) is 7.00. The fourth-order valence-corrected chi connectivity index (χ4v) is 1.46. The number of aromatic nitrogens is 2. The SMILES string of the molecule is CCNCc1cncn1CCC(=O)NCC. The first kappa shape index (κ1) is 12.7. The first-order chi connectivity index (χ1) is 7.77. The van der Waals surface area contributed by atoms with Crippen LogP contribution in [0.2, 0.25) is 0 Å². The van der Waals surface area contributed by atoms with Gasteiger partial charge in [0.1, 0.15) is 0 Å². The zero-order chi connectivity index (χ0) is 11.8. The Labute approximate surface area is 96.3 Å². The largest absolute Gasteiger partial charge is 0.356 e. The monoisotopic (exact) mass is 224 g/mol. The average molecular weight is 224 g/mol. The summed E-state index contributed by atoms with van der Waals surface area (Å²) in [6.45, 7) is 7.09. The molecule has 0 aliphatic heterocycles. The van der Waals surface area contributed by atoms with Gasteiger partial charge in [-0.05, 0) is 13.5 Å². The van der Waals surface area contributed by atoms with Crippen LogP contribution in [0, 0.1) is 0 Å². The number of rotatable bonds is 7. The second-order valence-corrected chi connectivity index (χ2v) is 3.56. The maximum Gasteiger partial charge on any atom is 0.221 e. The molecule has 2 N–H and O–H groups in total. The molecule has 1 amide bonds. The van der Waals surface area contributed by atoms with Crippen molar-refractivity contribution in [1.29, 1.82) is 0 Å². The molecule has 0 radical (unpaired) electrons. The van der Waals surface area contributed by atoms with Crippen molar-refractivity contribution in [3.8, 4) is 0 Å². The van der Waals surface area contributed by atoms with Gasteiger partial charge in [-0.25, -0.2) is 4.98 Å². The Balaban J connectivity index is 2.41. The Morgan fingerprint density at radius 3 is 2.94 bits per heavy atom. The van der Waals surface area contributed by atoms with E-state index in [1.54, 1.807) is 6.33 Å². The minimum absolute atomic E-state index is 0.0885. The van der Waals surface area contributed by atoms with Gasteiger partial charge in [0.2, 0.25) is 5.91 Å². The van der Waals surface area contributed by atoms with E-state index in [1.807, 2.05) is 17.7 Å². The van der Waals surface area contributed by atoms with Crippen LogP contribution in [0.3, 0.4) is 0 Å². The molecule has 0 spiro atoms. The predicted molar refractivity (Wildman–Crippen MR) is 62.9 cm³/mol. The highest BCUT2D eigenvalue weighted by molar-refractivity contribution is 5.75. The van der Waals surface area contributed by atoms with E-state index >= 15 is 0 Å². The first-order valence-electron chi connectivity index (χ1n) is 5.74. The Morgan fingerprint density at radius 1 is 1.44 bits per heavy atom. The Bertz CT molecular complexity index is 322. The van der Waals surface area contributed by atoms with Gasteiger partial charge in [-0.2, -0.15) is 0 Å². The van der Waals surface area contributed by atoms with E-state index in [1.165, 1.54) is 0 Å². The molecule has 0 aromatic carbocycles. The summed E-state index contributed by atoms with van der Waals surface area (Å²) in [6, 6.07) is 0. The Hall–Kier alpha value is -1.36. The van der Waals surface area contributed by atoms with E-state index in [0.29, 0.717) is 19.5 Å². The molecule has 0 aliphatic carbocycles. The van der Waals surface area contributed by atoms with Gasteiger partial charge in [-0.3, -0.25) is 4.79 Å². The normalized spacial score (nSPS) is 10.4. The van der Waals surface area contributed by atoms with Crippen LogP contribution in [0.25, 0.3) is 0 Å². The van der Waals surface area contributed by atoms with Gasteiger partial charge in [0.15, 0.2) is 0 Å². The van der Waals surface area contributed by atoms with Crippen LogP contribution in [-0.4, -0.2) is 28.5 Å². The summed E-state index contributed by atoms with van der Waals surface area (Å²) in [5.41, 5.74) is 1.12. The zero-order valence-corrected chi connectivity index (χ0v) is 9.99. The van der Waals surface area contributed by atoms with Crippen LogP contribution in [0.15, 0.2) is 12.5 Å². The third-order valence-electron chi connectivity index (χ3n) is 2.31. The number of nitrogens with zero attached hydrogens (tertiary/aromatic N) is 2. The Kier molecular flexibility index (Phi) is 5.56. The lowest BCUT2D eigenvalue weighted by molar-refractivity contribution is -0.121. The van der Waals surface area contributed by atoms with E-state index in [4.69, 9.17) is 0 Å². The van der Waals surface area contributed by atoms with Crippen LogP contribution in [0.5, 0.6) is 0 Å². The minimum Gasteiger partial charge on any atom is -0.356 e. The number of aryl methyl sites for hydroxylation is 1. The number of nitrogens with one attached hydrogen (secondary N) is 2. The molecule has 0 aliphatic rings. The highest BCUT2D eigenvalue weighted by Crippen LogP contribution is 2.00. The Morgan fingerprint density at radius 2 is 2.25 bits per heavy atom. The van der Waals surface area contributed by atoms with Crippen LogP contribution < -0.4 is 10.6 Å².